The average Bonchev–Trinajstić information content (AvgIpc) is 3.22. The molecule has 276 valence electrons. The molecule has 57 heavy (non-hydrogen) atoms. The van der Waals surface area contributed by atoms with Crippen molar-refractivity contribution in [1.82, 2.24) is 0 Å². The van der Waals surface area contributed by atoms with E-state index in [-0.39, 0.29) is 6.71 Å². The fourth-order valence-electron chi connectivity index (χ4n) is 10.2. The zero-order valence-corrected chi connectivity index (χ0v) is 34.8. The van der Waals surface area contributed by atoms with Gasteiger partial charge in [0.1, 0.15) is 0 Å². The minimum Gasteiger partial charge on any atom is -0.310 e. The number of hydrogen-bond donors (Lipinski definition) is 0. The van der Waals surface area contributed by atoms with E-state index in [4.69, 9.17) is 0 Å². The van der Waals surface area contributed by atoms with Gasteiger partial charge in [0.25, 0.3) is 0 Å². The molecule has 9 rings (SSSR count). The highest BCUT2D eigenvalue weighted by Crippen LogP contribution is 2.42. The maximum Gasteiger partial charge on any atom is 0.242 e. The Hall–Kier alpha value is -6.16. The number of anilines is 3. The van der Waals surface area contributed by atoms with E-state index in [1.165, 1.54) is 98.7 Å². The highest BCUT2D eigenvalue weighted by atomic mass is 28.3. The third-order valence-electron chi connectivity index (χ3n) is 12.3. The van der Waals surface area contributed by atoms with Crippen molar-refractivity contribution in [2.24, 2.45) is 0 Å². The SMILES string of the molecule is Cc1cc(C)c(B(c2ccc(-c3ccccc3N3c4ccccc4[Si](c4ccccc4)(c4ccccc4)c4ccccc43)cc2)c2c(C)cc(C)cc2C)c(C)c1. The second kappa shape index (κ2) is 14.7. The summed E-state index contributed by atoms with van der Waals surface area (Å²) in [5, 5.41) is 5.60. The van der Waals surface area contributed by atoms with Gasteiger partial charge < -0.3 is 4.90 Å². The number of hydrogen-bond acceptors (Lipinski definition) is 1. The summed E-state index contributed by atoms with van der Waals surface area (Å²) < 4.78 is 0. The van der Waals surface area contributed by atoms with Gasteiger partial charge in [-0.05, 0) is 86.1 Å². The van der Waals surface area contributed by atoms with Gasteiger partial charge in [-0.2, -0.15) is 0 Å². The number of benzene rings is 8. The van der Waals surface area contributed by atoms with Gasteiger partial charge in [0.15, 0.2) is 8.07 Å². The summed E-state index contributed by atoms with van der Waals surface area (Å²) in [6, 6.07) is 68.7. The first-order chi connectivity index (χ1) is 27.8. The van der Waals surface area contributed by atoms with Crippen molar-refractivity contribution >= 4 is 69.0 Å². The minimum atomic E-state index is -2.70. The van der Waals surface area contributed by atoms with Crippen molar-refractivity contribution < 1.29 is 0 Å². The van der Waals surface area contributed by atoms with Crippen LogP contribution in [-0.4, -0.2) is 14.8 Å². The summed E-state index contributed by atoms with van der Waals surface area (Å²) in [6.07, 6.45) is 0. The highest BCUT2D eigenvalue weighted by molar-refractivity contribution is 7.21. The molecule has 8 aromatic carbocycles. The van der Waals surface area contributed by atoms with E-state index in [0.717, 1.165) is 0 Å². The van der Waals surface area contributed by atoms with Crippen LogP contribution in [0.3, 0.4) is 0 Å². The van der Waals surface area contributed by atoms with Crippen LogP contribution in [0, 0.1) is 41.5 Å². The van der Waals surface area contributed by atoms with E-state index in [9.17, 15) is 0 Å². The molecule has 8 aromatic rings. The van der Waals surface area contributed by atoms with E-state index in [0.29, 0.717) is 0 Å². The Kier molecular flexibility index (Phi) is 9.43. The second-order valence-corrected chi connectivity index (χ2v) is 19.8. The summed E-state index contributed by atoms with van der Waals surface area (Å²) >= 11 is 0. The second-order valence-electron chi connectivity index (χ2n) is 16.0. The third-order valence-corrected chi connectivity index (χ3v) is 17.1. The van der Waals surface area contributed by atoms with Gasteiger partial charge in [0.2, 0.25) is 6.71 Å². The summed E-state index contributed by atoms with van der Waals surface area (Å²) in [6.45, 7) is 13.7. The van der Waals surface area contributed by atoms with E-state index in [1.54, 1.807) is 0 Å². The van der Waals surface area contributed by atoms with Crippen LogP contribution in [-0.2, 0) is 0 Å². The van der Waals surface area contributed by atoms with Crippen molar-refractivity contribution in [3.8, 4) is 11.1 Å². The number of para-hydroxylation sites is 3. The molecule has 0 aromatic heterocycles. The lowest BCUT2D eigenvalue weighted by atomic mass is 9.34. The number of nitrogens with zero attached hydrogens (tertiary/aromatic N) is 1. The predicted octanol–water partition coefficient (Wildman–Crippen LogP) is 8.88. The first kappa shape index (κ1) is 36.5. The van der Waals surface area contributed by atoms with Gasteiger partial charge in [-0.15, -0.1) is 0 Å². The Balaban J connectivity index is 1.22. The van der Waals surface area contributed by atoms with Crippen LogP contribution < -0.4 is 42.0 Å². The summed E-state index contributed by atoms with van der Waals surface area (Å²) in [7, 11) is -2.70. The van der Waals surface area contributed by atoms with Crippen LogP contribution in [0.25, 0.3) is 11.1 Å². The molecule has 0 radical (unpaired) electrons. The minimum absolute atomic E-state index is 0.130. The molecule has 0 bridgehead atoms. The monoisotopic (exact) mass is 749 g/mol. The molecular formula is C54H48BNSi. The van der Waals surface area contributed by atoms with Crippen LogP contribution in [0.5, 0.6) is 0 Å². The Bertz CT molecular complexity index is 2560. The van der Waals surface area contributed by atoms with Crippen LogP contribution in [0.4, 0.5) is 17.1 Å². The van der Waals surface area contributed by atoms with Crippen molar-refractivity contribution in [1.29, 1.82) is 0 Å². The Morgan fingerprint density at radius 3 is 1.23 bits per heavy atom. The molecule has 0 spiro atoms. The molecule has 0 saturated heterocycles. The van der Waals surface area contributed by atoms with Gasteiger partial charge in [-0.1, -0.05) is 214 Å². The van der Waals surface area contributed by atoms with Gasteiger partial charge in [0.05, 0.1) is 5.69 Å². The van der Waals surface area contributed by atoms with Crippen LogP contribution >= 0.6 is 0 Å². The van der Waals surface area contributed by atoms with Gasteiger partial charge in [-0.3, -0.25) is 0 Å². The molecular weight excluding hydrogens is 701 g/mol. The molecule has 0 unspecified atom stereocenters. The standard InChI is InChI=1S/C54H48BNSi/c1-37-33-39(3)53(40(4)34-37)55(54-41(5)35-38(2)36-42(54)6)44-31-29-43(30-32-44)47-23-13-14-24-48(47)56-49-25-15-17-27-51(49)57(45-19-9-7-10-20-45,46-21-11-8-12-22-46)52-28-18-16-26-50(52)56/h7-36H,1-6H3. The average molecular weight is 750 g/mol. The van der Waals surface area contributed by atoms with Crippen LogP contribution in [0.15, 0.2) is 182 Å². The Labute approximate surface area is 340 Å². The van der Waals surface area contributed by atoms with Crippen molar-refractivity contribution in [3.63, 3.8) is 0 Å². The largest absolute Gasteiger partial charge is 0.310 e. The third kappa shape index (κ3) is 6.09. The van der Waals surface area contributed by atoms with E-state index in [1.807, 2.05) is 0 Å². The molecule has 1 aliphatic heterocycles. The van der Waals surface area contributed by atoms with Crippen molar-refractivity contribution in [3.05, 3.63) is 215 Å². The lowest BCUT2D eigenvalue weighted by Crippen LogP contribution is -2.77. The van der Waals surface area contributed by atoms with Gasteiger partial charge in [-0.25, -0.2) is 0 Å². The molecule has 1 aliphatic rings. The van der Waals surface area contributed by atoms with Crippen molar-refractivity contribution in [2.75, 3.05) is 4.90 Å². The molecule has 1 heterocycles. The van der Waals surface area contributed by atoms with Gasteiger partial charge in [0, 0.05) is 16.9 Å². The molecule has 3 heteroatoms. The number of fused-ring (bicyclic) bond motifs is 2. The maximum atomic E-state index is 2.53. The fourth-order valence-corrected chi connectivity index (χ4v) is 15.3. The lowest BCUT2D eigenvalue weighted by Gasteiger charge is -2.45. The van der Waals surface area contributed by atoms with E-state index >= 15 is 0 Å². The quantitative estimate of drug-likeness (QED) is 0.147. The van der Waals surface area contributed by atoms with Crippen molar-refractivity contribution in [2.45, 2.75) is 41.5 Å². The van der Waals surface area contributed by atoms with Crippen LogP contribution in [0.1, 0.15) is 33.4 Å². The molecule has 0 atom stereocenters. The van der Waals surface area contributed by atoms with Gasteiger partial charge >= 0.3 is 0 Å². The molecule has 0 N–H and O–H groups in total. The summed E-state index contributed by atoms with van der Waals surface area (Å²) in [4.78, 5) is 2.53. The zero-order chi connectivity index (χ0) is 39.3. The Morgan fingerprint density at radius 2 is 0.772 bits per heavy atom. The first-order valence-corrected chi connectivity index (χ1v) is 22.2. The Morgan fingerprint density at radius 1 is 0.386 bits per heavy atom. The molecule has 0 saturated carbocycles. The lowest BCUT2D eigenvalue weighted by molar-refractivity contribution is 1.29. The molecule has 0 amide bonds. The van der Waals surface area contributed by atoms with Crippen LogP contribution in [0.2, 0.25) is 0 Å². The first-order valence-electron chi connectivity index (χ1n) is 20.2. The summed E-state index contributed by atoms with van der Waals surface area (Å²) in [5.41, 5.74) is 18.2. The topological polar surface area (TPSA) is 3.24 Å². The molecule has 1 nitrogen and oxygen atoms in total. The number of aryl methyl sites for hydroxylation is 6. The molecule has 0 aliphatic carbocycles. The smallest absolute Gasteiger partial charge is 0.242 e. The maximum absolute atomic E-state index is 2.70. The zero-order valence-electron chi connectivity index (χ0n) is 33.8. The molecule has 0 fully saturated rings. The predicted molar refractivity (Wildman–Crippen MR) is 250 cm³/mol. The van der Waals surface area contributed by atoms with E-state index < -0.39 is 8.07 Å². The fraction of sp³-hybridized carbons (Fsp3) is 0.111. The number of rotatable bonds is 7. The normalized spacial score (nSPS) is 12.8. The van der Waals surface area contributed by atoms with E-state index in [2.05, 4.69) is 228 Å². The highest BCUT2D eigenvalue weighted by Gasteiger charge is 2.48. The summed E-state index contributed by atoms with van der Waals surface area (Å²) in [5.74, 6) is 0.